The van der Waals surface area contributed by atoms with E-state index in [-0.39, 0.29) is 18.4 Å². The maximum Gasteiger partial charge on any atom is 0.244 e. The minimum Gasteiger partial charge on any atom is -0.497 e. The van der Waals surface area contributed by atoms with Crippen molar-refractivity contribution in [3.05, 3.63) is 35.4 Å². The predicted octanol–water partition coefficient (Wildman–Crippen LogP) is 2.15. The Labute approximate surface area is 144 Å². The molecule has 1 aliphatic carbocycles. The molecule has 2 atom stereocenters. The summed E-state index contributed by atoms with van der Waals surface area (Å²) < 4.78 is 5.05. The molecule has 2 unspecified atom stereocenters. The molecule has 1 fully saturated rings. The first-order chi connectivity index (χ1) is 11.5. The highest BCUT2D eigenvalue weighted by atomic mass is 35.5. The summed E-state index contributed by atoms with van der Waals surface area (Å²) in [6, 6.07) is 6.80. The zero-order valence-corrected chi connectivity index (χ0v) is 13.9. The lowest BCUT2D eigenvalue weighted by Gasteiger charge is -2.17. The van der Waals surface area contributed by atoms with Crippen LogP contribution in [0.15, 0.2) is 35.4 Å². The van der Waals surface area contributed by atoms with Crippen LogP contribution in [0.2, 0.25) is 0 Å². The third-order valence-electron chi connectivity index (χ3n) is 4.34. The zero-order valence-electron chi connectivity index (χ0n) is 13.1. The summed E-state index contributed by atoms with van der Waals surface area (Å²) in [5, 5.41) is 3.27. The lowest BCUT2D eigenvalue weighted by molar-refractivity contribution is -0.142. The van der Waals surface area contributed by atoms with Gasteiger partial charge in [0.05, 0.1) is 18.9 Å². The number of fused-ring (bicyclic) bond motifs is 1. The van der Waals surface area contributed by atoms with Crippen molar-refractivity contribution in [2.75, 3.05) is 19.0 Å². The first-order valence-electron chi connectivity index (χ1n) is 7.63. The molecule has 1 N–H and O–H groups in total. The van der Waals surface area contributed by atoms with Crippen molar-refractivity contribution in [2.24, 2.45) is 11.8 Å². The molecule has 0 bridgehead atoms. The van der Waals surface area contributed by atoms with Crippen molar-refractivity contribution >= 4 is 35.0 Å². The van der Waals surface area contributed by atoms with Crippen LogP contribution in [0, 0.1) is 11.8 Å². The number of allylic oxidation sites excluding steroid dienone is 2. The summed E-state index contributed by atoms with van der Waals surface area (Å²) in [7, 11) is 1.55. The largest absolute Gasteiger partial charge is 0.497 e. The standard InChI is InChI=1S/C17H17ClN2O4/c1-24-12-5-3-11(4-6-12)19-15(21)9-20-16(22)13-7-2-10(18)8-14(13)17(20)23/h2-6,13-14H,7-9H2,1H3,(H,19,21). The van der Waals surface area contributed by atoms with E-state index in [4.69, 9.17) is 16.3 Å². The van der Waals surface area contributed by atoms with Crippen molar-refractivity contribution in [1.29, 1.82) is 0 Å². The molecule has 6 nitrogen and oxygen atoms in total. The van der Waals surface area contributed by atoms with Crippen LogP contribution >= 0.6 is 11.6 Å². The monoisotopic (exact) mass is 348 g/mol. The number of carbonyl (C=O) groups is 3. The lowest BCUT2D eigenvalue weighted by atomic mass is 9.85. The summed E-state index contributed by atoms with van der Waals surface area (Å²) in [4.78, 5) is 37.9. The molecule has 3 rings (SSSR count). The zero-order chi connectivity index (χ0) is 17.3. The second-order valence-electron chi connectivity index (χ2n) is 5.84. The summed E-state index contributed by atoms with van der Waals surface area (Å²) in [5.41, 5.74) is 0.571. The average Bonchev–Trinajstić information content (AvgIpc) is 2.80. The number of halogens is 1. The fourth-order valence-corrected chi connectivity index (χ4v) is 3.33. The number of hydrogen-bond acceptors (Lipinski definition) is 4. The number of carbonyl (C=O) groups excluding carboxylic acids is 3. The Hall–Kier alpha value is -2.34. The third-order valence-corrected chi connectivity index (χ3v) is 4.64. The number of nitrogens with zero attached hydrogens (tertiary/aromatic N) is 1. The molecule has 1 aliphatic heterocycles. The summed E-state index contributed by atoms with van der Waals surface area (Å²) in [5.74, 6) is -1.19. The van der Waals surface area contributed by atoms with Crippen molar-refractivity contribution in [2.45, 2.75) is 12.8 Å². The van der Waals surface area contributed by atoms with Gasteiger partial charge in [-0.1, -0.05) is 17.7 Å². The van der Waals surface area contributed by atoms with Gasteiger partial charge in [-0.3, -0.25) is 19.3 Å². The Morgan fingerprint density at radius 2 is 1.92 bits per heavy atom. The number of methoxy groups -OCH3 is 1. The molecule has 1 aromatic carbocycles. The molecule has 1 aromatic rings. The minimum atomic E-state index is -0.441. The number of imide groups is 1. The fourth-order valence-electron chi connectivity index (χ4n) is 3.07. The van der Waals surface area contributed by atoms with Gasteiger partial charge in [-0.25, -0.2) is 0 Å². The SMILES string of the molecule is COc1ccc(NC(=O)CN2C(=O)C3CC=C(Cl)CC3C2=O)cc1. The quantitative estimate of drug-likeness (QED) is 0.846. The summed E-state index contributed by atoms with van der Waals surface area (Å²) >= 11 is 5.97. The van der Waals surface area contributed by atoms with Gasteiger partial charge < -0.3 is 10.1 Å². The Kier molecular flexibility index (Phi) is 4.57. The van der Waals surface area contributed by atoms with Crippen LogP contribution in [0.5, 0.6) is 5.75 Å². The third kappa shape index (κ3) is 3.14. The van der Waals surface area contributed by atoms with E-state index >= 15 is 0 Å². The van der Waals surface area contributed by atoms with Gasteiger partial charge in [0.25, 0.3) is 0 Å². The van der Waals surface area contributed by atoms with Gasteiger partial charge in [0, 0.05) is 10.7 Å². The normalized spacial score (nSPS) is 22.9. The lowest BCUT2D eigenvalue weighted by Crippen LogP contribution is -2.38. The molecule has 0 saturated carbocycles. The van der Waals surface area contributed by atoms with Crippen LogP contribution in [-0.2, 0) is 14.4 Å². The highest BCUT2D eigenvalue weighted by molar-refractivity contribution is 6.30. The van der Waals surface area contributed by atoms with Crippen LogP contribution in [0.4, 0.5) is 5.69 Å². The predicted molar refractivity (Wildman–Crippen MR) is 88.5 cm³/mol. The van der Waals surface area contributed by atoms with E-state index in [9.17, 15) is 14.4 Å². The van der Waals surface area contributed by atoms with E-state index in [2.05, 4.69) is 5.32 Å². The molecule has 2 aliphatic rings. The number of benzene rings is 1. The van der Waals surface area contributed by atoms with E-state index in [1.807, 2.05) is 0 Å². The molecule has 126 valence electrons. The molecule has 0 aromatic heterocycles. The Morgan fingerprint density at radius 1 is 1.25 bits per heavy atom. The molecular weight excluding hydrogens is 332 g/mol. The van der Waals surface area contributed by atoms with Gasteiger partial charge in [-0.15, -0.1) is 0 Å². The van der Waals surface area contributed by atoms with Gasteiger partial charge >= 0.3 is 0 Å². The van der Waals surface area contributed by atoms with Crippen LogP contribution in [0.1, 0.15) is 12.8 Å². The van der Waals surface area contributed by atoms with E-state index in [1.165, 1.54) is 0 Å². The first kappa shape index (κ1) is 16.5. The Bertz CT molecular complexity index is 714. The Balaban J connectivity index is 1.64. The molecule has 0 radical (unpaired) electrons. The second-order valence-corrected chi connectivity index (χ2v) is 6.33. The number of anilines is 1. The maximum absolute atomic E-state index is 12.4. The van der Waals surface area contributed by atoms with Gasteiger partial charge in [-0.05, 0) is 37.1 Å². The second kappa shape index (κ2) is 6.65. The summed E-state index contributed by atoms with van der Waals surface area (Å²) in [6.07, 6.45) is 2.59. The fraction of sp³-hybridized carbons (Fsp3) is 0.353. The molecule has 24 heavy (non-hydrogen) atoms. The van der Waals surface area contributed by atoms with E-state index in [0.29, 0.717) is 29.3 Å². The number of nitrogens with one attached hydrogen (secondary N) is 1. The molecule has 1 heterocycles. The topological polar surface area (TPSA) is 75.7 Å². The van der Waals surface area contributed by atoms with E-state index in [1.54, 1.807) is 37.5 Å². The molecule has 7 heteroatoms. The molecular formula is C17H17ClN2O4. The highest BCUT2D eigenvalue weighted by Gasteiger charge is 2.48. The highest BCUT2D eigenvalue weighted by Crippen LogP contribution is 2.38. The minimum absolute atomic E-state index is 0.283. The van der Waals surface area contributed by atoms with Gasteiger partial charge in [0.15, 0.2) is 0 Å². The maximum atomic E-state index is 12.4. The van der Waals surface area contributed by atoms with Crippen molar-refractivity contribution in [3.63, 3.8) is 0 Å². The number of hydrogen-bond donors (Lipinski definition) is 1. The van der Waals surface area contributed by atoms with Crippen molar-refractivity contribution in [1.82, 2.24) is 4.90 Å². The number of rotatable bonds is 4. The molecule has 3 amide bonds. The Morgan fingerprint density at radius 3 is 2.58 bits per heavy atom. The molecule has 1 saturated heterocycles. The van der Waals surface area contributed by atoms with Crippen molar-refractivity contribution < 1.29 is 19.1 Å². The van der Waals surface area contributed by atoms with Crippen LogP contribution in [0.25, 0.3) is 0 Å². The van der Waals surface area contributed by atoms with Crippen LogP contribution < -0.4 is 10.1 Å². The van der Waals surface area contributed by atoms with Gasteiger partial charge in [0.2, 0.25) is 17.7 Å². The number of likely N-dealkylation sites (tertiary alicyclic amines) is 1. The van der Waals surface area contributed by atoms with Gasteiger partial charge in [0.1, 0.15) is 12.3 Å². The van der Waals surface area contributed by atoms with E-state index in [0.717, 1.165) is 4.90 Å². The van der Waals surface area contributed by atoms with Crippen LogP contribution in [0.3, 0.4) is 0 Å². The van der Waals surface area contributed by atoms with Gasteiger partial charge in [-0.2, -0.15) is 0 Å². The van der Waals surface area contributed by atoms with Crippen LogP contribution in [-0.4, -0.2) is 36.3 Å². The van der Waals surface area contributed by atoms with E-state index < -0.39 is 17.7 Å². The first-order valence-corrected chi connectivity index (χ1v) is 8.01. The van der Waals surface area contributed by atoms with Crippen molar-refractivity contribution in [3.8, 4) is 5.75 Å². The smallest absolute Gasteiger partial charge is 0.244 e. The molecule has 0 spiro atoms. The summed E-state index contributed by atoms with van der Waals surface area (Å²) in [6.45, 7) is -0.283. The average molecular weight is 349 g/mol. The number of amides is 3. The number of ether oxygens (including phenoxy) is 1.